The van der Waals surface area contributed by atoms with Gasteiger partial charge >= 0.3 is 0 Å². The molecule has 1 fully saturated rings. The molecule has 2 rings (SSSR count). The van der Waals surface area contributed by atoms with E-state index in [9.17, 15) is 4.79 Å². The molecule has 98 valence electrons. The third-order valence-electron chi connectivity index (χ3n) is 3.64. The monoisotopic (exact) mass is 247 g/mol. The number of likely N-dealkylation sites (tertiary alicyclic amines) is 1. The first-order valence-corrected chi connectivity index (χ1v) is 6.61. The molecular formula is C15H21NO2. The van der Waals surface area contributed by atoms with Gasteiger partial charge in [-0.15, -0.1) is 0 Å². The first-order chi connectivity index (χ1) is 8.72. The van der Waals surface area contributed by atoms with Crippen LogP contribution in [-0.4, -0.2) is 30.9 Å². The first kappa shape index (κ1) is 13.1. The summed E-state index contributed by atoms with van der Waals surface area (Å²) in [4.78, 5) is 14.0. The Morgan fingerprint density at radius 2 is 2.28 bits per heavy atom. The molecule has 3 nitrogen and oxygen atoms in total. The van der Waals surface area contributed by atoms with Crippen molar-refractivity contribution < 1.29 is 9.53 Å². The number of ketones is 1. The highest BCUT2D eigenvalue weighted by Gasteiger charge is 2.25. The molecule has 1 aliphatic rings. The number of rotatable bonds is 4. The molecule has 0 saturated carbocycles. The van der Waals surface area contributed by atoms with Gasteiger partial charge in [0.15, 0.2) is 0 Å². The van der Waals surface area contributed by atoms with Gasteiger partial charge in [-0.2, -0.15) is 0 Å². The molecule has 18 heavy (non-hydrogen) atoms. The van der Waals surface area contributed by atoms with Crippen molar-refractivity contribution in [2.75, 3.05) is 20.2 Å². The average Bonchev–Trinajstić information content (AvgIpc) is 2.41. The van der Waals surface area contributed by atoms with E-state index in [-0.39, 0.29) is 5.92 Å². The topological polar surface area (TPSA) is 29.5 Å². The lowest BCUT2D eigenvalue weighted by Gasteiger charge is -2.31. The van der Waals surface area contributed by atoms with Gasteiger partial charge in [-0.05, 0) is 24.1 Å². The highest BCUT2D eigenvalue weighted by Crippen LogP contribution is 2.20. The van der Waals surface area contributed by atoms with Crippen molar-refractivity contribution in [1.29, 1.82) is 0 Å². The summed E-state index contributed by atoms with van der Waals surface area (Å²) in [7, 11) is 1.69. The SMILES string of the molecule is CCC1CN(Cc2cccc(OC)c2)CCC1=O. The number of Topliss-reactive ketones (excluding diaryl/α,β-unsaturated/α-hetero) is 1. The number of methoxy groups -OCH3 is 1. The van der Waals surface area contributed by atoms with Crippen LogP contribution in [-0.2, 0) is 11.3 Å². The average molecular weight is 247 g/mol. The van der Waals surface area contributed by atoms with E-state index in [0.717, 1.165) is 31.8 Å². The third-order valence-corrected chi connectivity index (χ3v) is 3.64. The predicted octanol–water partition coefficient (Wildman–Crippen LogP) is 2.50. The quantitative estimate of drug-likeness (QED) is 0.818. The minimum atomic E-state index is 0.226. The van der Waals surface area contributed by atoms with E-state index in [1.807, 2.05) is 12.1 Å². The molecule has 1 saturated heterocycles. The van der Waals surface area contributed by atoms with E-state index >= 15 is 0 Å². The van der Waals surface area contributed by atoms with E-state index in [0.29, 0.717) is 12.2 Å². The number of hydrogen-bond acceptors (Lipinski definition) is 3. The van der Waals surface area contributed by atoms with E-state index in [1.54, 1.807) is 7.11 Å². The van der Waals surface area contributed by atoms with Crippen molar-refractivity contribution in [1.82, 2.24) is 4.90 Å². The number of hydrogen-bond donors (Lipinski definition) is 0. The van der Waals surface area contributed by atoms with Crippen molar-refractivity contribution in [3.8, 4) is 5.75 Å². The maximum atomic E-state index is 11.7. The van der Waals surface area contributed by atoms with Crippen molar-refractivity contribution in [2.24, 2.45) is 5.92 Å². The number of carbonyl (C=O) groups is 1. The van der Waals surface area contributed by atoms with Gasteiger partial charge in [0, 0.05) is 32.0 Å². The third kappa shape index (κ3) is 3.10. The first-order valence-electron chi connectivity index (χ1n) is 6.61. The van der Waals surface area contributed by atoms with Crippen molar-refractivity contribution in [3.63, 3.8) is 0 Å². The molecule has 0 N–H and O–H groups in total. The summed E-state index contributed by atoms with van der Waals surface area (Å²) >= 11 is 0. The maximum Gasteiger partial charge on any atom is 0.138 e. The standard InChI is InChI=1S/C15H21NO2/c1-3-13-11-16(8-7-15(13)17)10-12-5-4-6-14(9-12)18-2/h4-6,9,13H,3,7-8,10-11H2,1-2H3. The molecule has 0 bridgehead atoms. The van der Waals surface area contributed by atoms with Crippen LogP contribution in [0.1, 0.15) is 25.3 Å². The van der Waals surface area contributed by atoms with E-state index in [4.69, 9.17) is 4.74 Å². The summed E-state index contributed by atoms with van der Waals surface area (Å²) in [6.07, 6.45) is 1.65. The van der Waals surface area contributed by atoms with Crippen LogP contribution in [0.3, 0.4) is 0 Å². The van der Waals surface area contributed by atoms with Crippen LogP contribution in [0.2, 0.25) is 0 Å². The molecule has 1 aromatic rings. The van der Waals surface area contributed by atoms with Crippen LogP contribution in [0.5, 0.6) is 5.75 Å². The van der Waals surface area contributed by atoms with Gasteiger partial charge in [-0.3, -0.25) is 9.69 Å². The lowest BCUT2D eigenvalue weighted by atomic mass is 9.94. The summed E-state index contributed by atoms with van der Waals surface area (Å²) in [5.41, 5.74) is 1.25. The Morgan fingerprint density at radius 3 is 3.00 bits per heavy atom. The molecule has 3 heteroatoms. The zero-order valence-electron chi connectivity index (χ0n) is 11.2. The van der Waals surface area contributed by atoms with Gasteiger partial charge in [-0.25, -0.2) is 0 Å². The molecule has 1 atom stereocenters. The Balaban J connectivity index is 1.98. The van der Waals surface area contributed by atoms with E-state index in [2.05, 4.69) is 24.0 Å². The molecule has 1 heterocycles. The summed E-state index contributed by atoms with van der Waals surface area (Å²) in [6, 6.07) is 8.15. The van der Waals surface area contributed by atoms with E-state index < -0.39 is 0 Å². The summed E-state index contributed by atoms with van der Waals surface area (Å²) < 4.78 is 5.23. The second-order valence-corrected chi connectivity index (χ2v) is 4.91. The molecule has 0 spiro atoms. The highest BCUT2D eigenvalue weighted by atomic mass is 16.5. The number of ether oxygens (including phenoxy) is 1. The van der Waals surface area contributed by atoms with Crippen LogP contribution in [0.4, 0.5) is 0 Å². The molecule has 0 aliphatic carbocycles. The number of benzene rings is 1. The van der Waals surface area contributed by atoms with Crippen molar-refractivity contribution >= 4 is 5.78 Å². The van der Waals surface area contributed by atoms with Crippen molar-refractivity contribution in [2.45, 2.75) is 26.3 Å². The molecule has 1 unspecified atom stereocenters. The van der Waals surface area contributed by atoms with Gasteiger partial charge in [0.2, 0.25) is 0 Å². The molecular weight excluding hydrogens is 226 g/mol. The van der Waals surface area contributed by atoms with Gasteiger partial charge in [0.05, 0.1) is 7.11 Å². The summed E-state index contributed by atoms with van der Waals surface area (Å²) in [5.74, 6) is 1.55. The predicted molar refractivity (Wildman–Crippen MR) is 71.7 cm³/mol. The summed E-state index contributed by atoms with van der Waals surface area (Å²) in [5, 5.41) is 0. The molecule has 0 aromatic heterocycles. The molecule has 0 amide bonds. The van der Waals surface area contributed by atoms with Gasteiger partial charge in [0.25, 0.3) is 0 Å². The Morgan fingerprint density at radius 1 is 1.44 bits per heavy atom. The normalized spacial score (nSPS) is 21.0. The second-order valence-electron chi connectivity index (χ2n) is 4.91. The van der Waals surface area contributed by atoms with Crippen LogP contribution in [0.15, 0.2) is 24.3 Å². The Labute approximate surface area is 109 Å². The molecule has 1 aliphatic heterocycles. The van der Waals surface area contributed by atoms with Crippen LogP contribution < -0.4 is 4.74 Å². The van der Waals surface area contributed by atoms with Gasteiger partial charge in [-0.1, -0.05) is 19.1 Å². The highest BCUT2D eigenvalue weighted by molar-refractivity contribution is 5.82. The lowest BCUT2D eigenvalue weighted by Crippen LogP contribution is -2.40. The largest absolute Gasteiger partial charge is 0.497 e. The number of piperidine rings is 1. The number of nitrogens with zero attached hydrogens (tertiary/aromatic N) is 1. The fourth-order valence-electron chi connectivity index (χ4n) is 2.51. The van der Waals surface area contributed by atoms with Gasteiger partial charge < -0.3 is 4.74 Å². The smallest absolute Gasteiger partial charge is 0.138 e. The van der Waals surface area contributed by atoms with Gasteiger partial charge in [0.1, 0.15) is 11.5 Å². The second kappa shape index (κ2) is 6.01. The van der Waals surface area contributed by atoms with Crippen LogP contribution in [0, 0.1) is 5.92 Å². The minimum absolute atomic E-state index is 0.226. The Kier molecular flexibility index (Phi) is 4.37. The molecule has 1 aromatic carbocycles. The van der Waals surface area contributed by atoms with Crippen LogP contribution >= 0.6 is 0 Å². The number of carbonyl (C=O) groups excluding carboxylic acids is 1. The zero-order chi connectivity index (χ0) is 13.0. The van der Waals surface area contributed by atoms with Crippen LogP contribution in [0.25, 0.3) is 0 Å². The molecule has 0 radical (unpaired) electrons. The fourth-order valence-corrected chi connectivity index (χ4v) is 2.51. The summed E-state index contributed by atoms with van der Waals surface area (Å²) in [6.45, 7) is 4.78. The Hall–Kier alpha value is -1.35. The maximum absolute atomic E-state index is 11.7. The minimum Gasteiger partial charge on any atom is -0.497 e. The fraction of sp³-hybridized carbons (Fsp3) is 0.533. The van der Waals surface area contributed by atoms with Crippen molar-refractivity contribution in [3.05, 3.63) is 29.8 Å². The Bertz CT molecular complexity index is 417. The zero-order valence-corrected chi connectivity index (χ0v) is 11.2. The van der Waals surface area contributed by atoms with E-state index in [1.165, 1.54) is 5.56 Å². The lowest BCUT2D eigenvalue weighted by molar-refractivity contribution is -0.126.